The van der Waals surface area contributed by atoms with Gasteiger partial charge in [0.15, 0.2) is 5.82 Å². The Hall–Kier alpha value is -3.58. The number of nitrogens with one attached hydrogen (secondary N) is 2. The van der Waals surface area contributed by atoms with E-state index in [0.717, 1.165) is 64.2 Å². The lowest BCUT2D eigenvalue weighted by molar-refractivity contribution is 0.498. The van der Waals surface area contributed by atoms with E-state index >= 15 is 0 Å². The average Bonchev–Trinajstić information content (AvgIpc) is 3.12. The predicted octanol–water partition coefficient (Wildman–Crippen LogP) is 3.63. The number of allylic oxidation sites excluding steroid dienone is 4. The van der Waals surface area contributed by atoms with Gasteiger partial charge in [-0.3, -0.25) is 4.98 Å². The van der Waals surface area contributed by atoms with Crippen molar-refractivity contribution in [2.45, 2.75) is 19.9 Å². The van der Waals surface area contributed by atoms with Crippen molar-refractivity contribution in [3.8, 4) is 11.4 Å². The molecule has 1 aliphatic carbocycles. The Kier molecular flexibility index (Phi) is 4.11. The van der Waals surface area contributed by atoms with Crippen LogP contribution in [0.2, 0.25) is 0 Å². The first kappa shape index (κ1) is 18.2. The Labute approximate surface area is 180 Å². The zero-order valence-corrected chi connectivity index (χ0v) is 17.6. The van der Waals surface area contributed by atoms with Crippen LogP contribution in [0.1, 0.15) is 18.2 Å². The monoisotopic (exact) mass is 409 g/mol. The third kappa shape index (κ3) is 2.92. The highest BCUT2D eigenvalue weighted by molar-refractivity contribution is 6.03. The standard InChI is InChI=1S/C24H23N7/c1-14-10-18-17(6-7-27-22(18)28-14)23-29-20-13-26-12-19(16-4-3-5-16)21(20)24(30-23)31-9-8-25-11-15(31)2/h3-7,10,12-13,15,25H,8-9,11H2,1-2H3,(H,27,28)/t15-/m0/s1. The number of pyridine rings is 2. The zero-order valence-electron chi connectivity index (χ0n) is 17.6. The third-order valence-electron chi connectivity index (χ3n) is 6.13. The highest BCUT2D eigenvalue weighted by atomic mass is 15.3. The van der Waals surface area contributed by atoms with Gasteiger partial charge in [-0.2, -0.15) is 0 Å². The fourth-order valence-corrected chi connectivity index (χ4v) is 4.49. The van der Waals surface area contributed by atoms with Crippen LogP contribution in [0, 0.1) is 6.92 Å². The molecule has 7 heteroatoms. The van der Waals surface area contributed by atoms with Gasteiger partial charge in [-0.15, -0.1) is 0 Å². The van der Waals surface area contributed by atoms with Gasteiger partial charge in [0, 0.05) is 60.3 Å². The van der Waals surface area contributed by atoms with Crippen molar-refractivity contribution in [1.29, 1.82) is 0 Å². The molecule has 0 unspecified atom stereocenters. The van der Waals surface area contributed by atoms with E-state index < -0.39 is 0 Å². The lowest BCUT2D eigenvalue weighted by Crippen LogP contribution is -2.50. The fourth-order valence-electron chi connectivity index (χ4n) is 4.49. The molecule has 5 heterocycles. The molecule has 1 atom stereocenters. The molecule has 31 heavy (non-hydrogen) atoms. The van der Waals surface area contributed by atoms with Gasteiger partial charge in [0.25, 0.3) is 0 Å². The maximum atomic E-state index is 5.17. The van der Waals surface area contributed by atoms with Crippen LogP contribution in [0.4, 0.5) is 5.82 Å². The van der Waals surface area contributed by atoms with Crippen molar-refractivity contribution >= 4 is 33.3 Å². The summed E-state index contributed by atoms with van der Waals surface area (Å²) in [6, 6.07) is 4.44. The lowest BCUT2D eigenvalue weighted by Gasteiger charge is -2.36. The lowest BCUT2D eigenvalue weighted by atomic mass is 9.97. The maximum absolute atomic E-state index is 5.17. The molecule has 7 nitrogen and oxygen atoms in total. The van der Waals surface area contributed by atoms with Crippen molar-refractivity contribution in [3.05, 3.63) is 60.2 Å². The predicted molar refractivity (Wildman–Crippen MR) is 124 cm³/mol. The molecule has 0 spiro atoms. The molecular weight excluding hydrogens is 386 g/mol. The molecule has 1 aliphatic heterocycles. The van der Waals surface area contributed by atoms with Crippen LogP contribution in [0.25, 0.3) is 38.9 Å². The van der Waals surface area contributed by atoms with Gasteiger partial charge in [-0.25, -0.2) is 15.0 Å². The summed E-state index contributed by atoms with van der Waals surface area (Å²) >= 11 is 0. The molecule has 1 saturated heterocycles. The summed E-state index contributed by atoms with van der Waals surface area (Å²) in [5.41, 5.74) is 6.03. The number of fused-ring (bicyclic) bond motifs is 2. The van der Waals surface area contributed by atoms with E-state index in [4.69, 9.17) is 9.97 Å². The van der Waals surface area contributed by atoms with E-state index in [-0.39, 0.29) is 0 Å². The smallest absolute Gasteiger partial charge is 0.163 e. The average molecular weight is 409 g/mol. The molecule has 154 valence electrons. The molecule has 1 fully saturated rings. The number of hydrogen-bond donors (Lipinski definition) is 2. The number of aromatic amines is 1. The van der Waals surface area contributed by atoms with Crippen molar-refractivity contribution in [3.63, 3.8) is 0 Å². The molecule has 2 aliphatic rings. The Morgan fingerprint density at radius 1 is 1.16 bits per heavy atom. The SMILES string of the molecule is Cc1cc2c(-c3nc(N4CCNC[C@@H]4C)c4c(C5=CC=C5)cncc4n3)ccnc2[nH]1. The highest BCUT2D eigenvalue weighted by Crippen LogP contribution is 2.37. The molecule has 6 rings (SSSR count). The molecule has 0 bridgehead atoms. The molecule has 0 amide bonds. The fraction of sp³-hybridized carbons (Fsp3) is 0.250. The minimum absolute atomic E-state index is 0.332. The minimum atomic E-state index is 0.332. The number of anilines is 1. The van der Waals surface area contributed by atoms with E-state index in [9.17, 15) is 0 Å². The minimum Gasteiger partial charge on any atom is -0.351 e. The number of aryl methyl sites for hydroxylation is 1. The van der Waals surface area contributed by atoms with Gasteiger partial charge in [-0.05, 0) is 31.6 Å². The second kappa shape index (κ2) is 6.99. The molecule has 4 aromatic rings. The van der Waals surface area contributed by atoms with Crippen molar-refractivity contribution in [2.75, 3.05) is 24.5 Å². The van der Waals surface area contributed by atoms with E-state index in [1.165, 1.54) is 5.57 Å². The topological polar surface area (TPSA) is 82.6 Å². The number of aromatic nitrogens is 5. The summed E-state index contributed by atoms with van der Waals surface area (Å²) in [6.07, 6.45) is 11.9. The number of nitrogens with zero attached hydrogens (tertiary/aromatic N) is 5. The second-order valence-corrected chi connectivity index (χ2v) is 8.25. The first-order chi connectivity index (χ1) is 15.2. The number of hydrogen-bond acceptors (Lipinski definition) is 6. The van der Waals surface area contributed by atoms with Crippen LogP contribution in [0.3, 0.4) is 0 Å². The molecule has 0 radical (unpaired) electrons. The Morgan fingerprint density at radius 2 is 2.06 bits per heavy atom. The molecule has 0 aromatic carbocycles. The summed E-state index contributed by atoms with van der Waals surface area (Å²) in [7, 11) is 0. The highest BCUT2D eigenvalue weighted by Gasteiger charge is 2.25. The Morgan fingerprint density at radius 3 is 2.87 bits per heavy atom. The summed E-state index contributed by atoms with van der Waals surface area (Å²) in [6.45, 7) is 7.04. The van der Waals surface area contributed by atoms with Crippen LogP contribution in [-0.2, 0) is 0 Å². The summed E-state index contributed by atoms with van der Waals surface area (Å²) in [4.78, 5) is 24.8. The maximum Gasteiger partial charge on any atom is 0.163 e. The van der Waals surface area contributed by atoms with Crippen LogP contribution in [0.15, 0.2) is 49.0 Å². The van der Waals surface area contributed by atoms with Crippen molar-refractivity contribution in [2.24, 2.45) is 0 Å². The van der Waals surface area contributed by atoms with Gasteiger partial charge >= 0.3 is 0 Å². The van der Waals surface area contributed by atoms with Gasteiger partial charge < -0.3 is 15.2 Å². The molecule has 2 N–H and O–H groups in total. The quantitative estimate of drug-likeness (QED) is 0.538. The van der Waals surface area contributed by atoms with Crippen LogP contribution >= 0.6 is 0 Å². The van der Waals surface area contributed by atoms with Gasteiger partial charge in [-0.1, -0.05) is 18.2 Å². The first-order valence-corrected chi connectivity index (χ1v) is 10.7. The third-order valence-corrected chi connectivity index (χ3v) is 6.13. The van der Waals surface area contributed by atoms with Gasteiger partial charge in [0.2, 0.25) is 0 Å². The van der Waals surface area contributed by atoms with Crippen LogP contribution in [-0.4, -0.2) is 50.6 Å². The summed E-state index contributed by atoms with van der Waals surface area (Å²) in [5.74, 6) is 1.68. The zero-order chi connectivity index (χ0) is 20.9. The molecule has 0 saturated carbocycles. The van der Waals surface area contributed by atoms with E-state index in [1.54, 1.807) is 0 Å². The first-order valence-electron chi connectivity index (χ1n) is 10.7. The van der Waals surface area contributed by atoms with E-state index in [2.05, 4.69) is 56.4 Å². The molecular formula is C24H23N7. The normalized spacial score (nSPS) is 18.5. The van der Waals surface area contributed by atoms with Crippen LogP contribution < -0.4 is 10.2 Å². The number of piperazine rings is 1. The number of H-pyrrole nitrogens is 1. The van der Waals surface area contributed by atoms with Gasteiger partial charge in [0.1, 0.15) is 11.5 Å². The second-order valence-electron chi connectivity index (χ2n) is 8.25. The van der Waals surface area contributed by atoms with Gasteiger partial charge in [0.05, 0.1) is 17.1 Å². The summed E-state index contributed by atoms with van der Waals surface area (Å²) < 4.78 is 0. The van der Waals surface area contributed by atoms with E-state index in [0.29, 0.717) is 11.9 Å². The molecule has 4 aromatic heterocycles. The van der Waals surface area contributed by atoms with Crippen molar-refractivity contribution < 1.29 is 0 Å². The van der Waals surface area contributed by atoms with Crippen molar-refractivity contribution in [1.82, 2.24) is 30.2 Å². The largest absolute Gasteiger partial charge is 0.351 e. The van der Waals surface area contributed by atoms with E-state index in [1.807, 2.05) is 31.6 Å². The number of rotatable bonds is 3. The Balaban J connectivity index is 1.64. The summed E-state index contributed by atoms with van der Waals surface area (Å²) in [5, 5.41) is 5.59. The Bertz CT molecular complexity index is 1380. The van der Waals surface area contributed by atoms with Crippen LogP contribution in [0.5, 0.6) is 0 Å².